The second-order valence-corrected chi connectivity index (χ2v) is 4.64. The average Bonchev–Trinajstić information content (AvgIpc) is 2.96. The van der Waals surface area contributed by atoms with Crippen LogP contribution >= 0.6 is 0 Å². The zero-order valence-corrected chi connectivity index (χ0v) is 11.7. The monoisotopic (exact) mass is 297 g/mol. The Morgan fingerprint density at radius 1 is 1.18 bits per heavy atom. The largest absolute Gasteiger partial charge is 0.319 e. The first-order chi connectivity index (χ1) is 10.6. The van der Waals surface area contributed by atoms with Gasteiger partial charge in [-0.2, -0.15) is 0 Å². The van der Waals surface area contributed by atoms with Gasteiger partial charge in [-0.3, -0.25) is 4.79 Å². The molecule has 0 spiro atoms. The molecule has 0 saturated heterocycles. The second-order valence-electron chi connectivity index (χ2n) is 4.64. The smallest absolute Gasteiger partial charge is 0.255 e. The number of para-hydroxylation sites is 1. The molecule has 0 saturated carbocycles. The van der Waals surface area contributed by atoms with Crippen molar-refractivity contribution in [3.63, 3.8) is 0 Å². The molecule has 3 rings (SSSR count). The van der Waals surface area contributed by atoms with Crippen molar-refractivity contribution < 1.29 is 9.18 Å². The Bertz CT molecular complexity index is 830. The van der Waals surface area contributed by atoms with E-state index < -0.39 is 11.7 Å². The highest BCUT2D eigenvalue weighted by Gasteiger charge is 2.12. The lowest BCUT2D eigenvalue weighted by Gasteiger charge is -2.07. The first-order valence-corrected chi connectivity index (χ1v) is 6.54. The number of hydrogen-bond acceptors (Lipinski definition) is 4. The molecule has 6 nitrogen and oxygen atoms in total. The van der Waals surface area contributed by atoms with Gasteiger partial charge in [0.2, 0.25) is 0 Å². The number of carbonyl (C=O) groups is 1. The second kappa shape index (κ2) is 5.72. The summed E-state index contributed by atoms with van der Waals surface area (Å²) in [4.78, 5) is 12.2. The number of rotatable bonds is 3. The molecule has 0 atom stereocenters. The Hall–Kier alpha value is -3.09. The van der Waals surface area contributed by atoms with Crippen LogP contribution in [0.2, 0.25) is 0 Å². The average molecular weight is 297 g/mol. The van der Waals surface area contributed by atoms with Crippen LogP contribution in [0.3, 0.4) is 0 Å². The van der Waals surface area contributed by atoms with Gasteiger partial charge in [0, 0.05) is 18.2 Å². The van der Waals surface area contributed by atoms with Crippen LogP contribution in [-0.2, 0) is 7.05 Å². The molecule has 1 N–H and O–H groups in total. The van der Waals surface area contributed by atoms with Gasteiger partial charge in [-0.25, -0.2) is 9.07 Å². The molecule has 22 heavy (non-hydrogen) atoms. The molecular formula is C15H12FN5O. The summed E-state index contributed by atoms with van der Waals surface area (Å²) in [5, 5.41) is 13.8. The van der Waals surface area contributed by atoms with E-state index in [1.165, 1.54) is 16.8 Å². The molecule has 0 aliphatic carbocycles. The molecule has 0 fully saturated rings. The van der Waals surface area contributed by atoms with E-state index in [2.05, 4.69) is 20.8 Å². The summed E-state index contributed by atoms with van der Waals surface area (Å²) in [5.41, 5.74) is 1.23. The lowest BCUT2D eigenvalue weighted by Crippen LogP contribution is -2.13. The molecule has 1 heterocycles. The predicted molar refractivity (Wildman–Crippen MR) is 78.6 cm³/mol. The van der Waals surface area contributed by atoms with E-state index >= 15 is 0 Å². The van der Waals surface area contributed by atoms with Gasteiger partial charge < -0.3 is 5.32 Å². The molecule has 0 bridgehead atoms. The number of aryl methyl sites for hydroxylation is 1. The lowest BCUT2D eigenvalue weighted by molar-refractivity contribution is 0.102. The molecule has 0 aliphatic rings. The highest BCUT2D eigenvalue weighted by atomic mass is 19.1. The number of aromatic nitrogens is 4. The Kier molecular flexibility index (Phi) is 3.61. The summed E-state index contributed by atoms with van der Waals surface area (Å²) >= 11 is 0. The summed E-state index contributed by atoms with van der Waals surface area (Å²) in [6.07, 6.45) is 0. The van der Waals surface area contributed by atoms with E-state index in [0.29, 0.717) is 17.0 Å². The zero-order chi connectivity index (χ0) is 15.5. The minimum Gasteiger partial charge on any atom is -0.319 e. The van der Waals surface area contributed by atoms with Crippen molar-refractivity contribution in [1.82, 2.24) is 20.2 Å². The van der Waals surface area contributed by atoms with Crippen LogP contribution in [0.15, 0.2) is 48.5 Å². The van der Waals surface area contributed by atoms with Crippen LogP contribution in [0.4, 0.5) is 10.1 Å². The third-order valence-corrected chi connectivity index (χ3v) is 3.13. The molecule has 0 radical (unpaired) electrons. The summed E-state index contributed by atoms with van der Waals surface area (Å²) in [6, 6.07) is 12.8. The molecule has 0 unspecified atom stereocenters. The van der Waals surface area contributed by atoms with Crippen LogP contribution in [0, 0.1) is 5.82 Å². The Labute approximate surface area is 125 Å². The van der Waals surface area contributed by atoms with Gasteiger partial charge in [-0.15, -0.1) is 5.10 Å². The number of amides is 1. The number of nitrogens with zero attached hydrogens (tertiary/aromatic N) is 4. The summed E-state index contributed by atoms with van der Waals surface area (Å²) in [5.74, 6) is -0.341. The first-order valence-electron chi connectivity index (χ1n) is 6.54. The molecular weight excluding hydrogens is 285 g/mol. The van der Waals surface area contributed by atoms with Gasteiger partial charge in [0.15, 0.2) is 5.82 Å². The molecule has 7 heteroatoms. The van der Waals surface area contributed by atoms with Gasteiger partial charge in [0.05, 0.1) is 5.69 Å². The minimum absolute atomic E-state index is 0.137. The topological polar surface area (TPSA) is 72.7 Å². The lowest BCUT2D eigenvalue weighted by atomic mass is 10.1. The third kappa shape index (κ3) is 2.69. The summed E-state index contributed by atoms with van der Waals surface area (Å²) < 4.78 is 15.1. The van der Waals surface area contributed by atoms with Crippen LogP contribution in [-0.4, -0.2) is 26.1 Å². The number of anilines is 1. The maximum absolute atomic E-state index is 13.6. The minimum atomic E-state index is -0.482. The molecule has 1 amide bonds. The zero-order valence-electron chi connectivity index (χ0n) is 11.7. The molecule has 2 aromatic carbocycles. The van der Waals surface area contributed by atoms with E-state index in [0.717, 1.165) is 0 Å². The number of tetrazole rings is 1. The van der Waals surface area contributed by atoms with Gasteiger partial charge in [-0.05, 0) is 34.7 Å². The van der Waals surface area contributed by atoms with Crippen molar-refractivity contribution in [2.45, 2.75) is 0 Å². The van der Waals surface area contributed by atoms with E-state index in [4.69, 9.17) is 0 Å². The summed E-state index contributed by atoms with van der Waals surface area (Å²) in [7, 11) is 1.71. The predicted octanol–water partition coefficient (Wildman–Crippen LogP) is 2.27. The first kappa shape index (κ1) is 13.9. The Morgan fingerprint density at radius 3 is 2.73 bits per heavy atom. The number of carbonyl (C=O) groups excluding carboxylic acids is 1. The highest BCUT2D eigenvalue weighted by Crippen LogP contribution is 2.18. The van der Waals surface area contributed by atoms with Crippen molar-refractivity contribution in [1.29, 1.82) is 0 Å². The highest BCUT2D eigenvalue weighted by molar-refractivity contribution is 6.04. The van der Waals surface area contributed by atoms with Crippen LogP contribution < -0.4 is 5.32 Å². The van der Waals surface area contributed by atoms with Gasteiger partial charge in [0.1, 0.15) is 5.82 Å². The van der Waals surface area contributed by atoms with Crippen LogP contribution in [0.1, 0.15) is 10.4 Å². The summed E-state index contributed by atoms with van der Waals surface area (Å²) in [6.45, 7) is 0. The van der Waals surface area contributed by atoms with Crippen LogP contribution in [0.25, 0.3) is 11.4 Å². The Balaban J connectivity index is 1.88. The fourth-order valence-corrected chi connectivity index (χ4v) is 2.03. The van der Waals surface area contributed by atoms with E-state index in [9.17, 15) is 9.18 Å². The van der Waals surface area contributed by atoms with Crippen LogP contribution in [0.5, 0.6) is 0 Å². The maximum atomic E-state index is 13.6. The maximum Gasteiger partial charge on any atom is 0.255 e. The molecule has 0 aliphatic heterocycles. The van der Waals surface area contributed by atoms with E-state index in [-0.39, 0.29) is 5.69 Å². The van der Waals surface area contributed by atoms with Crippen molar-refractivity contribution in [2.75, 3.05) is 5.32 Å². The third-order valence-electron chi connectivity index (χ3n) is 3.13. The van der Waals surface area contributed by atoms with Crippen molar-refractivity contribution >= 4 is 11.6 Å². The number of benzene rings is 2. The number of halogens is 1. The quantitative estimate of drug-likeness (QED) is 0.805. The standard InChI is InChI=1S/C15H12FN5O/c1-21-14(18-19-20-21)10-5-4-6-11(9-10)15(22)17-13-8-3-2-7-12(13)16/h2-9H,1H3,(H,17,22). The van der Waals surface area contributed by atoms with E-state index in [1.807, 2.05) is 0 Å². The van der Waals surface area contributed by atoms with E-state index in [1.54, 1.807) is 43.4 Å². The van der Waals surface area contributed by atoms with Gasteiger partial charge in [0.25, 0.3) is 5.91 Å². The van der Waals surface area contributed by atoms with Crippen molar-refractivity contribution in [3.8, 4) is 11.4 Å². The fourth-order valence-electron chi connectivity index (χ4n) is 2.03. The normalized spacial score (nSPS) is 10.5. The van der Waals surface area contributed by atoms with Gasteiger partial charge >= 0.3 is 0 Å². The van der Waals surface area contributed by atoms with Crippen molar-refractivity contribution in [3.05, 3.63) is 59.9 Å². The Morgan fingerprint density at radius 2 is 2.00 bits per heavy atom. The van der Waals surface area contributed by atoms with Crippen molar-refractivity contribution in [2.24, 2.45) is 7.05 Å². The molecule has 1 aromatic heterocycles. The number of nitrogens with one attached hydrogen (secondary N) is 1. The molecule has 110 valence electrons. The number of hydrogen-bond donors (Lipinski definition) is 1. The van der Waals surface area contributed by atoms with Gasteiger partial charge in [-0.1, -0.05) is 24.3 Å². The SMILES string of the molecule is Cn1nnnc1-c1cccc(C(=O)Nc2ccccc2F)c1. The molecule has 3 aromatic rings. The fraction of sp³-hybridized carbons (Fsp3) is 0.0667.